The molecule has 0 aromatic heterocycles. The highest BCUT2D eigenvalue weighted by atomic mass is 19.1. The zero-order valence-corrected chi connectivity index (χ0v) is 12.3. The summed E-state index contributed by atoms with van der Waals surface area (Å²) in [7, 11) is 4.00. The van der Waals surface area contributed by atoms with Gasteiger partial charge in [0, 0.05) is 12.1 Å². The average Bonchev–Trinajstić information content (AvgIpc) is 2.32. The van der Waals surface area contributed by atoms with E-state index in [-0.39, 0.29) is 17.9 Å². The Labute approximate surface area is 115 Å². The fourth-order valence-corrected chi connectivity index (χ4v) is 2.14. The molecule has 1 aromatic carbocycles. The summed E-state index contributed by atoms with van der Waals surface area (Å²) in [6, 6.07) is 5.54. The summed E-state index contributed by atoms with van der Waals surface area (Å²) < 4.78 is 19.1. The molecule has 1 rings (SSSR count). The van der Waals surface area contributed by atoms with Crippen LogP contribution >= 0.6 is 0 Å². The van der Waals surface area contributed by atoms with Crippen molar-refractivity contribution < 1.29 is 9.13 Å². The van der Waals surface area contributed by atoms with Crippen LogP contribution in [0.5, 0.6) is 5.75 Å². The summed E-state index contributed by atoms with van der Waals surface area (Å²) in [5, 5.41) is 0. The first-order valence-electron chi connectivity index (χ1n) is 6.80. The van der Waals surface area contributed by atoms with Crippen molar-refractivity contribution in [3.63, 3.8) is 0 Å². The summed E-state index contributed by atoms with van der Waals surface area (Å²) in [6.45, 7) is 4.31. The molecular weight excluding hydrogens is 243 g/mol. The molecule has 0 radical (unpaired) electrons. The molecule has 4 heteroatoms. The topological polar surface area (TPSA) is 38.5 Å². The Hall–Kier alpha value is -1.13. The Morgan fingerprint density at radius 2 is 2.00 bits per heavy atom. The first kappa shape index (κ1) is 15.9. The molecule has 0 saturated carbocycles. The van der Waals surface area contributed by atoms with Gasteiger partial charge >= 0.3 is 0 Å². The molecule has 0 aliphatic carbocycles. The van der Waals surface area contributed by atoms with E-state index in [0.29, 0.717) is 12.4 Å². The standard InChI is InChI=1S/C15H25FN2O/c1-5-19-15-9-7-12(10-13(15)16)14(18(3)4)8-6-11(2)17/h7,9-11,14H,5-6,8,17H2,1-4H3. The van der Waals surface area contributed by atoms with E-state index in [4.69, 9.17) is 10.5 Å². The number of hydrogen-bond acceptors (Lipinski definition) is 3. The molecule has 108 valence electrons. The van der Waals surface area contributed by atoms with Gasteiger partial charge in [-0.25, -0.2) is 4.39 Å². The molecule has 19 heavy (non-hydrogen) atoms. The molecular formula is C15H25FN2O. The maximum Gasteiger partial charge on any atom is 0.165 e. The molecule has 0 bridgehead atoms. The van der Waals surface area contributed by atoms with Gasteiger partial charge in [0.2, 0.25) is 0 Å². The van der Waals surface area contributed by atoms with E-state index in [1.54, 1.807) is 12.1 Å². The smallest absolute Gasteiger partial charge is 0.165 e. The van der Waals surface area contributed by atoms with Gasteiger partial charge in [-0.3, -0.25) is 0 Å². The van der Waals surface area contributed by atoms with Gasteiger partial charge < -0.3 is 15.4 Å². The van der Waals surface area contributed by atoms with Crippen molar-refractivity contribution in [1.29, 1.82) is 0 Å². The lowest BCUT2D eigenvalue weighted by molar-refractivity contribution is 0.273. The number of halogens is 1. The molecule has 2 N–H and O–H groups in total. The van der Waals surface area contributed by atoms with Crippen LogP contribution in [0.2, 0.25) is 0 Å². The molecule has 0 fully saturated rings. The average molecular weight is 268 g/mol. The highest BCUT2D eigenvalue weighted by Gasteiger charge is 2.16. The largest absolute Gasteiger partial charge is 0.491 e. The molecule has 2 atom stereocenters. The van der Waals surface area contributed by atoms with Crippen molar-refractivity contribution in [2.75, 3.05) is 20.7 Å². The van der Waals surface area contributed by atoms with Crippen LogP contribution in [0, 0.1) is 5.82 Å². The highest BCUT2D eigenvalue weighted by Crippen LogP contribution is 2.28. The number of nitrogens with zero attached hydrogens (tertiary/aromatic N) is 1. The van der Waals surface area contributed by atoms with E-state index in [9.17, 15) is 4.39 Å². The van der Waals surface area contributed by atoms with Crippen LogP contribution in [0.1, 0.15) is 38.3 Å². The molecule has 1 aromatic rings. The third kappa shape index (κ3) is 4.80. The van der Waals surface area contributed by atoms with Crippen molar-refractivity contribution in [2.24, 2.45) is 5.73 Å². The summed E-state index contributed by atoms with van der Waals surface area (Å²) in [6.07, 6.45) is 1.83. The van der Waals surface area contributed by atoms with Crippen LogP contribution in [0.3, 0.4) is 0 Å². The third-order valence-corrected chi connectivity index (χ3v) is 3.16. The molecule has 0 saturated heterocycles. The number of benzene rings is 1. The predicted octanol–water partition coefficient (Wildman–Crippen LogP) is 2.95. The van der Waals surface area contributed by atoms with Crippen LogP contribution in [0.25, 0.3) is 0 Å². The van der Waals surface area contributed by atoms with Crippen LogP contribution in [0.4, 0.5) is 4.39 Å². The lowest BCUT2D eigenvalue weighted by Crippen LogP contribution is -2.23. The van der Waals surface area contributed by atoms with E-state index in [1.165, 1.54) is 0 Å². The van der Waals surface area contributed by atoms with Gasteiger partial charge in [-0.05, 0) is 58.5 Å². The van der Waals surface area contributed by atoms with Gasteiger partial charge in [-0.1, -0.05) is 6.07 Å². The first-order valence-corrected chi connectivity index (χ1v) is 6.80. The van der Waals surface area contributed by atoms with Crippen molar-refractivity contribution >= 4 is 0 Å². The van der Waals surface area contributed by atoms with Crippen LogP contribution < -0.4 is 10.5 Å². The van der Waals surface area contributed by atoms with Gasteiger partial charge in [-0.15, -0.1) is 0 Å². The van der Waals surface area contributed by atoms with E-state index < -0.39 is 0 Å². The molecule has 2 unspecified atom stereocenters. The first-order chi connectivity index (χ1) is 8.95. The molecule has 0 aliphatic heterocycles. The minimum atomic E-state index is -0.299. The second-order valence-corrected chi connectivity index (χ2v) is 5.16. The van der Waals surface area contributed by atoms with Crippen molar-refractivity contribution in [2.45, 2.75) is 38.8 Å². The Morgan fingerprint density at radius 3 is 2.47 bits per heavy atom. The van der Waals surface area contributed by atoms with E-state index >= 15 is 0 Å². The minimum absolute atomic E-state index is 0.162. The fraction of sp³-hybridized carbons (Fsp3) is 0.600. The quantitative estimate of drug-likeness (QED) is 0.826. The van der Waals surface area contributed by atoms with Crippen LogP contribution in [0.15, 0.2) is 18.2 Å². The second-order valence-electron chi connectivity index (χ2n) is 5.16. The molecule has 0 amide bonds. The normalized spacial score (nSPS) is 14.5. The van der Waals surface area contributed by atoms with Crippen molar-refractivity contribution in [3.8, 4) is 5.75 Å². The van der Waals surface area contributed by atoms with Crippen molar-refractivity contribution in [3.05, 3.63) is 29.6 Å². The molecule has 3 nitrogen and oxygen atoms in total. The van der Waals surface area contributed by atoms with Crippen molar-refractivity contribution in [1.82, 2.24) is 4.90 Å². The number of ether oxygens (including phenoxy) is 1. The van der Waals surface area contributed by atoms with Gasteiger partial charge in [0.1, 0.15) is 0 Å². The predicted molar refractivity (Wildman–Crippen MR) is 76.9 cm³/mol. The Balaban J connectivity index is 2.87. The van der Waals surface area contributed by atoms with Gasteiger partial charge in [0.05, 0.1) is 6.61 Å². The van der Waals surface area contributed by atoms with E-state index in [1.807, 2.05) is 34.0 Å². The zero-order chi connectivity index (χ0) is 14.4. The highest BCUT2D eigenvalue weighted by molar-refractivity contribution is 5.31. The number of rotatable bonds is 7. The maximum atomic E-state index is 13.9. The number of nitrogens with two attached hydrogens (primary N) is 1. The number of hydrogen-bond donors (Lipinski definition) is 1. The minimum Gasteiger partial charge on any atom is -0.491 e. The Morgan fingerprint density at radius 1 is 1.32 bits per heavy atom. The molecule has 0 aliphatic rings. The zero-order valence-electron chi connectivity index (χ0n) is 12.3. The Kier molecular flexibility index (Phi) is 6.25. The van der Waals surface area contributed by atoms with Gasteiger partial charge in [-0.2, -0.15) is 0 Å². The lowest BCUT2D eigenvalue weighted by atomic mass is 9.99. The lowest BCUT2D eigenvalue weighted by Gasteiger charge is -2.25. The van der Waals surface area contributed by atoms with Crippen LogP contribution in [-0.2, 0) is 0 Å². The molecule has 0 spiro atoms. The summed E-state index contributed by atoms with van der Waals surface area (Å²) in [5.41, 5.74) is 6.76. The fourth-order valence-electron chi connectivity index (χ4n) is 2.14. The monoisotopic (exact) mass is 268 g/mol. The second kappa shape index (κ2) is 7.46. The maximum absolute atomic E-state index is 13.9. The summed E-state index contributed by atoms with van der Waals surface area (Å²) >= 11 is 0. The van der Waals surface area contributed by atoms with E-state index in [0.717, 1.165) is 18.4 Å². The molecule has 0 heterocycles. The van der Waals surface area contributed by atoms with Gasteiger partial charge in [0.25, 0.3) is 0 Å². The SMILES string of the molecule is CCOc1ccc(C(CCC(C)N)N(C)C)cc1F. The van der Waals surface area contributed by atoms with E-state index in [2.05, 4.69) is 4.90 Å². The van der Waals surface area contributed by atoms with Crippen LogP contribution in [-0.4, -0.2) is 31.6 Å². The third-order valence-electron chi connectivity index (χ3n) is 3.16. The Bertz CT molecular complexity index is 394. The summed E-state index contributed by atoms with van der Waals surface area (Å²) in [4.78, 5) is 2.09. The van der Waals surface area contributed by atoms with Gasteiger partial charge in [0.15, 0.2) is 11.6 Å². The summed E-state index contributed by atoms with van der Waals surface area (Å²) in [5.74, 6) is 0.0166.